The highest BCUT2D eigenvalue weighted by Crippen LogP contribution is 2.03. The quantitative estimate of drug-likeness (QED) is 0.531. The van der Waals surface area contributed by atoms with E-state index in [0.29, 0.717) is 0 Å². The molecule has 0 fully saturated rings. The van der Waals surface area contributed by atoms with Crippen molar-refractivity contribution in [3.05, 3.63) is 0 Å². The van der Waals surface area contributed by atoms with Crippen LogP contribution in [0.15, 0.2) is 0 Å². The van der Waals surface area contributed by atoms with E-state index < -0.39 is 10.0 Å². The highest BCUT2D eigenvalue weighted by Gasteiger charge is 2.07. The Labute approximate surface area is 52.1 Å². The Hall–Kier alpha value is 0.490. The van der Waals surface area contributed by atoms with E-state index in [0.717, 1.165) is 6.26 Å². The van der Waals surface area contributed by atoms with Gasteiger partial charge in [-0.3, -0.25) is 0 Å². The van der Waals surface area contributed by atoms with Crippen molar-refractivity contribution in [2.75, 3.05) is 6.26 Å². The Bertz CT molecular complexity index is 138. The lowest BCUT2D eigenvalue weighted by molar-refractivity contribution is 0.586. The van der Waals surface area contributed by atoms with Crippen LogP contribution in [0.5, 0.6) is 0 Å². The zero-order valence-corrected chi connectivity index (χ0v) is 5.76. The molecule has 7 heavy (non-hydrogen) atoms. The van der Waals surface area contributed by atoms with Crippen molar-refractivity contribution in [2.24, 2.45) is 0 Å². The lowest BCUT2D eigenvalue weighted by Gasteiger charge is -1.94. The van der Waals surface area contributed by atoms with Crippen LogP contribution in [0.2, 0.25) is 0 Å². The van der Waals surface area contributed by atoms with Crippen molar-refractivity contribution in [1.29, 1.82) is 0 Å². The van der Waals surface area contributed by atoms with Crippen LogP contribution < -0.4 is 0 Å². The van der Waals surface area contributed by atoms with Gasteiger partial charge < -0.3 is 0 Å². The molecule has 0 aliphatic heterocycles. The molecule has 0 aromatic rings. The molecule has 6 heteroatoms. The van der Waals surface area contributed by atoms with Crippen molar-refractivity contribution in [3.8, 4) is 0 Å². The van der Waals surface area contributed by atoms with E-state index in [4.69, 9.17) is 23.6 Å². The van der Waals surface area contributed by atoms with Crippen LogP contribution in [0, 0.1) is 0 Å². The van der Waals surface area contributed by atoms with Crippen molar-refractivity contribution in [3.63, 3.8) is 0 Å². The third-order valence-electron chi connectivity index (χ3n) is 0.251. The topological polar surface area (TPSA) is 37.4 Å². The van der Waals surface area contributed by atoms with Gasteiger partial charge in [0.1, 0.15) is 0 Å². The summed E-state index contributed by atoms with van der Waals surface area (Å²) in [5.74, 6) is 0. The number of sulfonamides is 1. The third-order valence-corrected chi connectivity index (χ3v) is 2.26. The molecule has 0 radical (unpaired) electrons. The molecule has 0 bridgehead atoms. The van der Waals surface area contributed by atoms with E-state index >= 15 is 0 Å². The minimum atomic E-state index is -3.38. The molecule has 3 nitrogen and oxygen atoms in total. The maximum atomic E-state index is 9.99. The van der Waals surface area contributed by atoms with Crippen LogP contribution >= 0.6 is 23.6 Å². The highest BCUT2D eigenvalue weighted by molar-refractivity contribution is 7.90. The number of halogens is 2. The molecule has 0 saturated carbocycles. The van der Waals surface area contributed by atoms with Crippen LogP contribution in [0.4, 0.5) is 0 Å². The maximum absolute atomic E-state index is 9.99. The number of hydrogen-bond donors (Lipinski definition) is 0. The van der Waals surface area contributed by atoms with E-state index in [1.807, 2.05) is 0 Å². The second-order valence-corrected chi connectivity index (χ2v) is 4.02. The first-order valence-electron chi connectivity index (χ1n) is 1.26. The summed E-state index contributed by atoms with van der Waals surface area (Å²) in [6.45, 7) is 0. The minimum Gasteiger partial charge on any atom is -0.210 e. The second kappa shape index (κ2) is 2.17. The number of hydrogen-bond acceptors (Lipinski definition) is 2. The lowest BCUT2D eigenvalue weighted by atomic mass is 12.0. The van der Waals surface area contributed by atoms with Gasteiger partial charge in [-0.2, -0.15) is 0 Å². The van der Waals surface area contributed by atoms with Crippen molar-refractivity contribution in [1.82, 2.24) is 3.34 Å². The largest absolute Gasteiger partial charge is 0.238 e. The average Bonchev–Trinajstić information content (AvgIpc) is 1.31. The summed E-state index contributed by atoms with van der Waals surface area (Å²) in [6, 6.07) is 0. The summed E-state index contributed by atoms with van der Waals surface area (Å²) in [5.41, 5.74) is 0. The van der Waals surface area contributed by atoms with Crippen molar-refractivity contribution >= 4 is 33.6 Å². The van der Waals surface area contributed by atoms with Gasteiger partial charge in [-0.25, -0.2) is 8.42 Å². The molecule has 44 valence electrons. The smallest absolute Gasteiger partial charge is 0.210 e. The lowest BCUT2D eigenvalue weighted by Crippen LogP contribution is -2.08. The summed E-state index contributed by atoms with van der Waals surface area (Å²) in [6.07, 6.45) is 0.896. The fourth-order valence-electron chi connectivity index (χ4n) is 0. The van der Waals surface area contributed by atoms with Crippen LogP contribution in [0.1, 0.15) is 0 Å². The van der Waals surface area contributed by atoms with E-state index in [1.54, 1.807) is 0 Å². The molecular formula is CH3Cl2NO2S. The average molecular weight is 164 g/mol. The maximum Gasteiger partial charge on any atom is 0.238 e. The Morgan fingerprint density at radius 1 is 1.43 bits per heavy atom. The molecule has 0 saturated heterocycles. The van der Waals surface area contributed by atoms with Gasteiger partial charge >= 0.3 is 0 Å². The standard InChI is InChI=1S/CH3Cl2NO2S/c1-7(5,6)4(2)3/h1H3. The van der Waals surface area contributed by atoms with Crippen LogP contribution in [0.25, 0.3) is 0 Å². The molecule has 0 aliphatic carbocycles. The fraction of sp³-hybridized carbons (Fsp3) is 1.00. The van der Waals surface area contributed by atoms with Gasteiger partial charge in [-0.1, -0.05) is 0 Å². The third kappa shape index (κ3) is 3.11. The van der Waals surface area contributed by atoms with Gasteiger partial charge in [0.15, 0.2) is 0 Å². The van der Waals surface area contributed by atoms with Crippen LogP contribution in [-0.4, -0.2) is 18.0 Å². The summed E-state index contributed by atoms with van der Waals surface area (Å²) in [4.78, 5) is 0. The van der Waals surface area contributed by atoms with Gasteiger partial charge in [-0.05, 0) is 3.34 Å². The fourth-order valence-corrected chi connectivity index (χ4v) is 0. The predicted molar refractivity (Wildman–Crippen MR) is 28.4 cm³/mol. The highest BCUT2D eigenvalue weighted by atomic mass is 35.5. The summed E-state index contributed by atoms with van der Waals surface area (Å²) in [7, 11) is -3.38. The molecule has 0 N–H and O–H groups in total. The molecule has 0 amide bonds. The first-order chi connectivity index (χ1) is 2.94. The molecule has 0 spiro atoms. The minimum absolute atomic E-state index is 0.104. The van der Waals surface area contributed by atoms with Crippen molar-refractivity contribution < 1.29 is 8.42 Å². The summed E-state index contributed by atoms with van der Waals surface area (Å²) < 4.78 is 20.1. The van der Waals surface area contributed by atoms with Crippen LogP contribution in [0.3, 0.4) is 0 Å². The summed E-state index contributed by atoms with van der Waals surface area (Å²) in [5, 5.41) is 0. The SMILES string of the molecule is CS(=O)(=O)N(Cl)Cl. The van der Waals surface area contributed by atoms with E-state index in [9.17, 15) is 8.42 Å². The molecule has 0 unspecified atom stereocenters. The number of nitrogens with zero attached hydrogens (tertiary/aromatic N) is 1. The van der Waals surface area contributed by atoms with E-state index in [-0.39, 0.29) is 3.34 Å². The number of rotatable bonds is 1. The normalized spacial score (nSPS) is 12.6. The van der Waals surface area contributed by atoms with Crippen LogP contribution in [-0.2, 0) is 10.0 Å². The van der Waals surface area contributed by atoms with E-state index in [2.05, 4.69) is 0 Å². The monoisotopic (exact) mass is 163 g/mol. The Balaban J connectivity index is 4.10. The molecule has 0 aliphatic rings. The predicted octanol–water partition coefficient (Wildman–Crippen LogP) is 0.556. The zero-order chi connectivity index (χ0) is 6.08. The molecule has 0 rings (SSSR count). The Morgan fingerprint density at radius 3 is 1.57 bits per heavy atom. The first-order valence-corrected chi connectivity index (χ1v) is 3.79. The molecular weight excluding hydrogens is 161 g/mol. The zero-order valence-electron chi connectivity index (χ0n) is 3.43. The first kappa shape index (κ1) is 7.49. The Morgan fingerprint density at radius 2 is 1.57 bits per heavy atom. The molecule has 0 atom stereocenters. The second-order valence-electron chi connectivity index (χ2n) is 0.935. The van der Waals surface area contributed by atoms with Gasteiger partial charge in [0.05, 0.1) is 6.26 Å². The van der Waals surface area contributed by atoms with Gasteiger partial charge in [0.25, 0.3) is 0 Å². The summed E-state index contributed by atoms with van der Waals surface area (Å²) >= 11 is 9.53. The molecule has 0 heterocycles. The molecule has 0 aromatic carbocycles. The molecule has 0 aromatic heterocycles. The van der Waals surface area contributed by atoms with Gasteiger partial charge in [0, 0.05) is 23.6 Å². The Kier molecular flexibility index (Phi) is 2.32. The van der Waals surface area contributed by atoms with E-state index in [1.165, 1.54) is 0 Å². The van der Waals surface area contributed by atoms with Gasteiger partial charge in [0.2, 0.25) is 10.0 Å². The van der Waals surface area contributed by atoms with Crippen molar-refractivity contribution in [2.45, 2.75) is 0 Å². The van der Waals surface area contributed by atoms with Gasteiger partial charge in [-0.15, -0.1) is 0 Å².